The Labute approximate surface area is 116 Å². The molecule has 6 nitrogen and oxygen atoms in total. The largest absolute Gasteiger partial charge is 0.393 e. The summed E-state index contributed by atoms with van der Waals surface area (Å²) in [4.78, 5) is 10.6. The standard InChI is InChI=1S/C14H15N3O3/c1-20-9-10-5-2-3-7-12(10)16-13-8-4-6-11(15)14(13)17(18)19/h2-8,16H,9,15H2,1H3. The van der Waals surface area contributed by atoms with Crippen LogP contribution in [0, 0.1) is 10.1 Å². The topological polar surface area (TPSA) is 90.4 Å². The van der Waals surface area contributed by atoms with Crippen molar-refractivity contribution in [3.8, 4) is 0 Å². The van der Waals surface area contributed by atoms with Gasteiger partial charge in [0.25, 0.3) is 0 Å². The molecule has 0 spiro atoms. The quantitative estimate of drug-likeness (QED) is 0.496. The Hall–Kier alpha value is -2.60. The summed E-state index contributed by atoms with van der Waals surface area (Å²) in [6, 6.07) is 12.3. The number of methoxy groups -OCH3 is 1. The van der Waals surface area contributed by atoms with E-state index in [2.05, 4.69) is 5.32 Å². The Balaban J connectivity index is 2.40. The van der Waals surface area contributed by atoms with Gasteiger partial charge in [0.15, 0.2) is 0 Å². The maximum atomic E-state index is 11.1. The summed E-state index contributed by atoms with van der Waals surface area (Å²) < 4.78 is 5.11. The monoisotopic (exact) mass is 273 g/mol. The summed E-state index contributed by atoms with van der Waals surface area (Å²) in [7, 11) is 1.60. The molecule has 0 aliphatic heterocycles. The van der Waals surface area contributed by atoms with E-state index in [-0.39, 0.29) is 11.4 Å². The van der Waals surface area contributed by atoms with Crippen molar-refractivity contribution < 1.29 is 9.66 Å². The first-order chi connectivity index (χ1) is 9.63. The number of anilines is 3. The molecular weight excluding hydrogens is 258 g/mol. The predicted octanol–water partition coefficient (Wildman–Crippen LogP) is 3.07. The van der Waals surface area contributed by atoms with Gasteiger partial charge in [-0.2, -0.15) is 0 Å². The normalized spacial score (nSPS) is 10.2. The maximum absolute atomic E-state index is 11.1. The van der Waals surface area contributed by atoms with Gasteiger partial charge in [0.05, 0.1) is 11.5 Å². The molecule has 0 amide bonds. The van der Waals surface area contributed by atoms with Crippen molar-refractivity contribution in [3.63, 3.8) is 0 Å². The number of rotatable bonds is 5. The average Bonchev–Trinajstić information content (AvgIpc) is 2.41. The lowest BCUT2D eigenvalue weighted by atomic mass is 10.1. The van der Waals surface area contributed by atoms with Gasteiger partial charge in [0, 0.05) is 18.4 Å². The molecule has 0 aliphatic carbocycles. The van der Waals surface area contributed by atoms with Gasteiger partial charge >= 0.3 is 5.69 Å². The summed E-state index contributed by atoms with van der Waals surface area (Å²) in [6.07, 6.45) is 0. The first-order valence-electron chi connectivity index (χ1n) is 6.00. The lowest BCUT2D eigenvalue weighted by molar-refractivity contribution is -0.383. The SMILES string of the molecule is COCc1ccccc1Nc1cccc(N)c1[N+](=O)[O-]. The fraction of sp³-hybridized carbons (Fsp3) is 0.143. The fourth-order valence-corrected chi connectivity index (χ4v) is 1.93. The molecule has 0 saturated heterocycles. The number of nitrogen functional groups attached to an aromatic ring is 1. The second-order valence-electron chi connectivity index (χ2n) is 4.22. The molecule has 2 aromatic carbocycles. The molecule has 20 heavy (non-hydrogen) atoms. The van der Waals surface area contributed by atoms with Crippen LogP contribution in [0.5, 0.6) is 0 Å². The highest BCUT2D eigenvalue weighted by Gasteiger charge is 2.18. The third-order valence-electron chi connectivity index (χ3n) is 2.84. The minimum atomic E-state index is -0.489. The minimum absolute atomic E-state index is 0.125. The second kappa shape index (κ2) is 6.03. The Morgan fingerprint density at radius 1 is 1.20 bits per heavy atom. The highest BCUT2D eigenvalue weighted by Crippen LogP contribution is 2.33. The third kappa shape index (κ3) is 2.86. The van der Waals surface area contributed by atoms with Crippen LogP contribution in [0.4, 0.5) is 22.7 Å². The summed E-state index contributed by atoms with van der Waals surface area (Å²) in [5, 5.41) is 14.2. The van der Waals surface area contributed by atoms with E-state index in [4.69, 9.17) is 10.5 Å². The number of para-hydroxylation sites is 2. The van der Waals surface area contributed by atoms with Crippen molar-refractivity contribution in [3.05, 3.63) is 58.1 Å². The van der Waals surface area contributed by atoms with Crippen molar-refractivity contribution in [2.45, 2.75) is 6.61 Å². The molecule has 0 saturated carbocycles. The van der Waals surface area contributed by atoms with Crippen molar-refractivity contribution in [2.75, 3.05) is 18.2 Å². The molecule has 0 atom stereocenters. The molecule has 2 rings (SSSR count). The van der Waals surface area contributed by atoms with E-state index in [1.165, 1.54) is 6.07 Å². The average molecular weight is 273 g/mol. The highest BCUT2D eigenvalue weighted by atomic mass is 16.6. The highest BCUT2D eigenvalue weighted by molar-refractivity contribution is 5.79. The first kappa shape index (κ1) is 13.8. The molecule has 2 aromatic rings. The van der Waals surface area contributed by atoms with E-state index in [0.717, 1.165) is 11.3 Å². The van der Waals surface area contributed by atoms with E-state index in [1.54, 1.807) is 19.2 Å². The molecule has 0 heterocycles. The molecule has 104 valence electrons. The molecular formula is C14H15N3O3. The van der Waals surface area contributed by atoms with Crippen LogP contribution in [0.2, 0.25) is 0 Å². The zero-order chi connectivity index (χ0) is 14.5. The lowest BCUT2D eigenvalue weighted by Gasteiger charge is -2.12. The molecule has 6 heteroatoms. The van der Waals surface area contributed by atoms with Gasteiger partial charge in [-0.05, 0) is 18.2 Å². The zero-order valence-corrected chi connectivity index (χ0v) is 11.0. The van der Waals surface area contributed by atoms with Crippen LogP contribution in [0.1, 0.15) is 5.56 Å². The Bertz CT molecular complexity index is 629. The molecule has 0 fully saturated rings. The van der Waals surface area contributed by atoms with E-state index >= 15 is 0 Å². The van der Waals surface area contributed by atoms with Crippen LogP contribution < -0.4 is 11.1 Å². The molecule has 0 unspecified atom stereocenters. The summed E-state index contributed by atoms with van der Waals surface area (Å²) in [5.74, 6) is 0. The third-order valence-corrected chi connectivity index (χ3v) is 2.84. The Morgan fingerprint density at radius 2 is 1.90 bits per heavy atom. The van der Waals surface area contributed by atoms with E-state index in [0.29, 0.717) is 12.3 Å². The van der Waals surface area contributed by atoms with Gasteiger partial charge in [-0.15, -0.1) is 0 Å². The number of benzene rings is 2. The van der Waals surface area contributed by atoms with E-state index in [9.17, 15) is 10.1 Å². The molecule has 0 aromatic heterocycles. The Morgan fingerprint density at radius 3 is 2.60 bits per heavy atom. The molecule has 0 aliphatic rings. The van der Waals surface area contributed by atoms with Crippen molar-refractivity contribution in [1.82, 2.24) is 0 Å². The van der Waals surface area contributed by atoms with E-state index < -0.39 is 4.92 Å². The number of ether oxygens (including phenoxy) is 1. The van der Waals surface area contributed by atoms with Gasteiger partial charge < -0.3 is 15.8 Å². The fourth-order valence-electron chi connectivity index (χ4n) is 1.93. The number of nitrogens with two attached hydrogens (primary N) is 1. The molecule has 0 radical (unpaired) electrons. The minimum Gasteiger partial charge on any atom is -0.393 e. The number of nitro benzene ring substituents is 1. The summed E-state index contributed by atoms with van der Waals surface area (Å²) in [5.41, 5.74) is 7.69. The molecule has 3 N–H and O–H groups in total. The number of nitrogens with zero attached hydrogens (tertiary/aromatic N) is 1. The van der Waals surface area contributed by atoms with Gasteiger partial charge in [0.1, 0.15) is 11.4 Å². The van der Waals surface area contributed by atoms with Crippen LogP contribution in [0.25, 0.3) is 0 Å². The van der Waals surface area contributed by atoms with Crippen LogP contribution in [-0.2, 0) is 11.3 Å². The number of hydrogen-bond acceptors (Lipinski definition) is 5. The van der Waals surface area contributed by atoms with Crippen LogP contribution in [0.15, 0.2) is 42.5 Å². The van der Waals surface area contributed by atoms with Crippen molar-refractivity contribution in [1.29, 1.82) is 0 Å². The predicted molar refractivity (Wildman–Crippen MR) is 77.9 cm³/mol. The maximum Gasteiger partial charge on any atom is 0.315 e. The second-order valence-corrected chi connectivity index (χ2v) is 4.22. The number of nitrogens with one attached hydrogen (secondary N) is 1. The smallest absolute Gasteiger partial charge is 0.315 e. The lowest BCUT2D eigenvalue weighted by Crippen LogP contribution is -2.02. The van der Waals surface area contributed by atoms with Gasteiger partial charge in [-0.25, -0.2) is 0 Å². The Kier molecular flexibility index (Phi) is 4.17. The first-order valence-corrected chi connectivity index (χ1v) is 6.00. The van der Waals surface area contributed by atoms with Gasteiger partial charge in [-0.1, -0.05) is 24.3 Å². The molecule has 0 bridgehead atoms. The van der Waals surface area contributed by atoms with Crippen molar-refractivity contribution >= 4 is 22.7 Å². The van der Waals surface area contributed by atoms with Crippen LogP contribution >= 0.6 is 0 Å². The number of hydrogen-bond donors (Lipinski definition) is 2. The summed E-state index contributed by atoms with van der Waals surface area (Å²) >= 11 is 0. The zero-order valence-electron chi connectivity index (χ0n) is 11.0. The van der Waals surface area contributed by atoms with Crippen LogP contribution in [0.3, 0.4) is 0 Å². The van der Waals surface area contributed by atoms with Crippen LogP contribution in [-0.4, -0.2) is 12.0 Å². The van der Waals surface area contributed by atoms with Gasteiger partial charge in [0.2, 0.25) is 0 Å². The van der Waals surface area contributed by atoms with E-state index in [1.807, 2.05) is 24.3 Å². The van der Waals surface area contributed by atoms with Gasteiger partial charge in [-0.3, -0.25) is 10.1 Å². The van der Waals surface area contributed by atoms with Crippen molar-refractivity contribution in [2.24, 2.45) is 0 Å². The summed E-state index contributed by atoms with van der Waals surface area (Å²) in [6.45, 7) is 0.416. The number of nitro groups is 1.